The number of benzene rings is 1. The minimum atomic E-state index is -0.736. The van der Waals surface area contributed by atoms with Crippen LogP contribution in [0, 0.1) is 17.6 Å². The summed E-state index contributed by atoms with van der Waals surface area (Å²) in [5, 5.41) is 2.65. The molecule has 0 aromatic heterocycles. The molecule has 18 heavy (non-hydrogen) atoms. The molecule has 1 rings (SSSR count). The molecule has 1 amide bonds. The zero-order valence-corrected chi connectivity index (χ0v) is 10.8. The molecule has 0 spiro atoms. The fourth-order valence-electron chi connectivity index (χ4n) is 1.67. The maximum absolute atomic E-state index is 12.9. The van der Waals surface area contributed by atoms with Crippen molar-refractivity contribution in [3.8, 4) is 0 Å². The first-order valence-corrected chi connectivity index (χ1v) is 6.23. The zero-order valence-electron chi connectivity index (χ0n) is 10.8. The first kappa shape index (κ1) is 14.6. The van der Waals surface area contributed by atoms with Gasteiger partial charge in [-0.3, -0.25) is 4.79 Å². The Hall–Kier alpha value is -1.45. The van der Waals surface area contributed by atoms with E-state index in [0.29, 0.717) is 12.5 Å². The lowest BCUT2D eigenvalue weighted by Crippen LogP contribution is -2.24. The Bertz CT molecular complexity index is 385. The van der Waals surface area contributed by atoms with E-state index in [1.807, 2.05) is 0 Å². The second-order valence-electron chi connectivity index (χ2n) is 4.80. The highest BCUT2D eigenvalue weighted by molar-refractivity contribution is 5.94. The number of hydrogen-bond donors (Lipinski definition) is 1. The van der Waals surface area contributed by atoms with Gasteiger partial charge in [-0.05, 0) is 24.5 Å². The van der Waals surface area contributed by atoms with Crippen LogP contribution in [0.4, 0.5) is 8.78 Å². The van der Waals surface area contributed by atoms with Crippen LogP contribution in [-0.2, 0) is 0 Å². The van der Waals surface area contributed by atoms with E-state index in [-0.39, 0.29) is 5.56 Å². The first-order valence-electron chi connectivity index (χ1n) is 6.23. The molecule has 0 aliphatic carbocycles. The Morgan fingerprint density at radius 3 is 2.33 bits per heavy atom. The average Bonchev–Trinajstić information content (AvgIpc) is 2.26. The zero-order chi connectivity index (χ0) is 13.5. The molecule has 100 valence electrons. The lowest BCUT2D eigenvalue weighted by Gasteiger charge is -2.07. The summed E-state index contributed by atoms with van der Waals surface area (Å²) in [6.07, 6.45) is 3.03. The van der Waals surface area contributed by atoms with Crippen molar-refractivity contribution in [2.75, 3.05) is 6.54 Å². The van der Waals surface area contributed by atoms with Crippen LogP contribution in [0.15, 0.2) is 18.2 Å². The standard InChI is InChI=1S/C14H19F2NO/c1-10(2)5-3-4-6-17-14(18)11-7-12(15)9-13(16)8-11/h7-10H,3-6H2,1-2H3,(H,17,18). The number of nitrogens with one attached hydrogen (secondary N) is 1. The summed E-state index contributed by atoms with van der Waals surface area (Å²) in [6, 6.07) is 2.82. The molecule has 0 unspecified atom stereocenters. The smallest absolute Gasteiger partial charge is 0.251 e. The largest absolute Gasteiger partial charge is 0.352 e. The molecule has 0 fully saturated rings. The van der Waals surface area contributed by atoms with E-state index in [9.17, 15) is 13.6 Å². The van der Waals surface area contributed by atoms with Crippen LogP contribution in [0.5, 0.6) is 0 Å². The molecule has 0 saturated carbocycles. The second kappa shape index (κ2) is 7.09. The first-order chi connectivity index (χ1) is 8.49. The van der Waals surface area contributed by atoms with Gasteiger partial charge in [-0.2, -0.15) is 0 Å². The highest BCUT2D eigenvalue weighted by Crippen LogP contribution is 2.08. The van der Waals surface area contributed by atoms with E-state index in [0.717, 1.165) is 37.5 Å². The van der Waals surface area contributed by atoms with Gasteiger partial charge in [-0.25, -0.2) is 8.78 Å². The van der Waals surface area contributed by atoms with Gasteiger partial charge in [0.25, 0.3) is 5.91 Å². The Morgan fingerprint density at radius 1 is 1.17 bits per heavy atom. The van der Waals surface area contributed by atoms with E-state index in [4.69, 9.17) is 0 Å². The molecule has 0 atom stereocenters. The minimum Gasteiger partial charge on any atom is -0.352 e. The number of halogens is 2. The summed E-state index contributed by atoms with van der Waals surface area (Å²) in [5.41, 5.74) is 0.0244. The quantitative estimate of drug-likeness (QED) is 0.774. The van der Waals surface area contributed by atoms with Crippen molar-refractivity contribution < 1.29 is 13.6 Å². The van der Waals surface area contributed by atoms with Gasteiger partial charge in [-0.15, -0.1) is 0 Å². The topological polar surface area (TPSA) is 29.1 Å². The second-order valence-corrected chi connectivity index (χ2v) is 4.80. The third kappa shape index (κ3) is 5.25. The molecule has 0 bridgehead atoms. The fourth-order valence-corrected chi connectivity index (χ4v) is 1.67. The summed E-state index contributed by atoms with van der Waals surface area (Å²) in [7, 11) is 0. The summed E-state index contributed by atoms with van der Waals surface area (Å²) in [4.78, 5) is 11.6. The van der Waals surface area contributed by atoms with Gasteiger partial charge in [0.05, 0.1) is 0 Å². The molecule has 0 heterocycles. The van der Waals surface area contributed by atoms with Gasteiger partial charge in [0.2, 0.25) is 0 Å². The Labute approximate surface area is 106 Å². The van der Waals surface area contributed by atoms with Gasteiger partial charge >= 0.3 is 0 Å². The number of rotatable bonds is 6. The van der Waals surface area contributed by atoms with Crippen molar-refractivity contribution in [3.63, 3.8) is 0 Å². The molecule has 0 radical (unpaired) electrons. The van der Waals surface area contributed by atoms with Crippen molar-refractivity contribution in [3.05, 3.63) is 35.4 Å². The lowest BCUT2D eigenvalue weighted by molar-refractivity contribution is 0.0952. The monoisotopic (exact) mass is 255 g/mol. The van der Waals surface area contributed by atoms with Gasteiger partial charge in [0.1, 0.15) is 11.6 Å². The van der Waals surface area contributed by atoms with E-state index in [1.165, 1.54) is 0 Å². The van der Waals surface area contributed by atoms with Crippen molar-refractivity contribution >= 4 is 5.91 Å². The Morgan fingerprint density at radius 2 is 1.78 bits per heavy atom. The molecule has 0 aliphatic rings. The van der Waals surface area contributed by atoms with Crippen molar-refractivity contribution in [2.24, 2.45) is 5.92 Å². The summed E-state index contributed by atoms with van der Waals surface area (Å²) in [6.45, 7) is 4.83. The Kier molecular flexibility index (Phi) is 5.75. The van der Waals surface area contributed by atoms with Crippen molar-refractivity contribution in [2.45, 2.75) is 33.1 Å². The van der Waals surface area contributed by atoms with Gasteiger partial charge in [-0.1, -0.05) is 26.7 Å². The number of unbranched alkanes of at least 4 members (excludes halogenated alkanes) is 1. The van der Waals surface area contributed by atoms with E-state index < -0.39 is 17.5 Å². The molecule has 0 saturated heterocycles. The van der Waals surface area contributed by atoms with Crippen LogP contribution < -0.4 is 5.32 Å². The molecular formula is C14H19F2NO. The predicted molar refractivity (Wildman–Crippen MR) is 67.4 cm³/mol. The van der Waals surface area contributed by atoms with Crippen LogP contribution in [0.1, 0.15) is 43.5 Å². The van der Waals surface area contributed by atoms with Crippen LogP contribution in [0.25, 0.3) is 0 Å². The van der Waals surface area contributed by atoms with Gasteiger partial charge in [0, 0.05) is 18.2 Å². The van der Waals surface area contributed by atoms with Crippen LogP contribution in [-0.4, -0.2) is 12.5 Å². The van der Waals surface area contributed by atoms with Crippen molar-refractivity contribution in [1.82, 2.24) is 5.32 Å². The maximum atomic E-state index is 12.9. The van der Waals surface area contributed by atoms with Gasteiger partial charge in [0.15, 0.2) is 0 Å². The number of hydrogen-bond acceptors (Lipinski definition) is 1. The number of amides is 1. The number of carbonyl (C=O) groups is 1. The third-order valence-electron chi connectivity index (χ3n) is 2.62. The average molecular weight is 255 g/mol. The molecule has 1 aromatic rings. The number of carbonyl (C=O) groups excluding carboxylic acids is 1. The minimum absolute atomic E-state index is 0.0244. The summed E-state index contributed by atoms with van der Waals surface area (Å²) >= 11 is 0. The molecule has 0 aliphatic heterocycles. The molecule has 1 aromatic carbocycles. The van der Waals surface area contributed by atoms with Crippen LogP contribution >= 0.6 is 0 Å². The van der Waals surface area contributed by atoms with Gasteiger partial charge < -0.3 is 5.32 Å². The summed E-state index contributed by atoms with van der Waals surface area (Å²) in [5.74, 6) is -1.25. The Balaban J connectivity index is 2.36. The van der Waals surface area contributed by atoms with E-state index in [1.54, 1.807) is 0 Å². The lowest BCUT2D eigenvalue weighted by atomic mass is 10.1. The summed E-state index contributed by atoms with van der Waals surface area (Å²) < 4.78 is 25.8. The van der Waals surface area contributed by atoms with Crippen LogP contribution in [0.3, 0.4) is 0 Å². The maximum Gasteiger partial charge on any atom is 0.251 e. The van der Waals surface area contributed by atoms with Crippen molar-refractivity contribution in [1.29, 1.82) is 0 Å². The van der Waals surface area contributed by atoms with E-state index >= 15 is 0 Å². The molecular weight excluding hydrogens is 236 g/mol. The predicted octanol–water partition coefficient (Wildman–Crippen LogP) is 3.52. The molecule has 4 heteroatoms. The highest BCUT2D eigenvalue weighted by Gasteiger charge is 2.08. The van der Waals surface area contributed by atoms with E-state index in [2.05, 4.69) is 19.2 Å². The van der Waals surface area contributed by atoms with Crippen LogP contribution in [0.2, 0.25) is 0 Å². The molecule has 1 N–H and O–H groups in total. The SMILES string of the molecule is CC(C)CCCCNC(=O)c1cc(F)cc(F)c1. The molecule has 2 nitrogen and oxygen atoms in total. The fraction of sp³-hybridized carbons (Fsp3) is 0.500. The highest BCUT2D eigenvalue weighted by atomic mass is 19.1. The third-order valence-corrected chi connectivity index (χ3v) is 2.62. The normalized spacial score (nSPS) is 10.7.